The number of aromatic hydroxyl groups is 2. The van der Waals surface area contributed by atoms with E-state index in [0.717, 1.165) is 16.8 Å². The third-order valence-corrected chi connectivity index (χ3v) is 3.98. The summed E-state index contributed by atoms with van der Waals surface area (Å²) in [4.78, 5) is 0. The number of nitrogen functional groups attached to an aromatic ring is 1. The van der Waals surface area contributed by atoms with Crippen molar-refractivity contribution in [1.82, 2.24) is 0 Å². The van der Waals surface area contributed by atoms with Crippen LogP contribution in [0.5, 0.6) is 11.5 Å². The minimum Gasteiger partial charge on any atom is -0.508 e. The van der Waals surface area contributed by atoms with Crippen molar-refractivity contribution in [1.29, 1.82) is 0 Å². The number of para-hydroxylation sites is 1. The maximum Gasteiger partial charge on any atom is 0.115 e. The molecule has 0 aliphatic heterocycles. The van der Waals surface area contributed by atoms with Crippen LogP contribution in [0.4, 0.5) is 5.69 Å². The number of rotatable bonds is 2. The first-order valence-electron chi connectivity index (χ1n) is 7.79. The van der Waals surface area contributed by atoms with Crippen LogP contribution in [0.3, 0.4) is 0 Å². The molecule has 0 fully saturated rings. The van der Waals surface area contributed by atoms with Gasteiger partial charge < -0.3 is 15.9 Å². The molecule has 0 amide bonds. The van der Waals surface area contributed by atoms with Gasteiger partial charge in [0.05, 0.1) is 0 Å². The van der Waals surface area contributed by atoms with E-state index < -0.39 is 0 Å². The molecule has 0 aliphatic carbocycles. The first-order chi connectivity index (χ1) is 11.4. The second-order valence-corrected chi connectivity index (χ2v) is 6.13. The Hall–Kier alpha value is -2.94. The van der Waals surface area contributed by atoms with E-state index in [1.807, 2.05) is 54.6 Å². The van der Waals surface area contributed by atoms with Crippen molar-refractivity contribution in [2.24, 2.45) is 0 Å². The lowest BCUT2D eigenvalue weighted by Gasteiger charge is -2.26. The van der Waals surface area contributed by atoms with E-state index in [-0.39, 0.29) is 16.9 Å². The van der Waals surface area contributed by atoms with Crippen LogP contribution in [0.1, 0.15) is 25.0 Å². The molecular formula is C21H23NO2. The minimum absolute atomic E-state index is 0.151. The van der Waals surface area contributed by atoms with Gasteiger partial charge in [0, 0.05) is 11.1 Å². The Balaban J connectivity index is 0.000000249. The van der Waals surface area contributed by atoms with Crippen molar-refractivity contribution >= 4 is 5.69 Å². The highest BCUT2D eigenvalue weighted by Crippen LogP contribution is 2.32. The minimum atomic E-state index is -0.151. The fourth-order valence-corrected chi connectivity index (χ4v) is 2.38. The highest BCUT2D eigenvalue weighted by molar-refractivity contribution is 5.41. The predicted molar refractivity (Wildman–Crippen MR) is 99.2 cm³/mol. The van der Waals surface area contributed by atoms with Crippen LogP contribution in [0.2, 0.25) is 0 Å². The molecule has 0 unspecified atom stereocenters. The zero-order chi connectivity index (χ0) is 17.6. The van der Waals surface area contributed by atoms with Crippen molar-refractivity contribution in [2.45, 2.75) is 19.3 Å². The van der Waals surface area contributed by atoms with Gasteiger partial charge in [0.2, 0.25) is 0 Å². The van der Waals surface area contributed by atoms with Crippen LogP contribution in [-0.2, 0) is 5.41 Å². The third-order valence-electron chi connectivity index (χ3n) is 3.98. The molecule has 0 bridgehead atoms. The van der Waals surface area contributed by atoms with Gasteiger partial charge in [0.15, 0.2) is 0 Å². The van der Waals surface area contributed by atoms with Crippen LogP contribution in [0.15, 0.2) is 78.9 Å². The Morgan fingerprint density at radius 2 is 1.00 bits per heavy atom. The number of hydrogen-bond donors (Lipinski definition) is 3. The third kappa shape index (κ3) is 4.53. The van der Waals surface area contributed by atoms with Crippen molar-refractivity contribution in [3.8, 4) is 11.5 Å². The van der Waals surface area contributed by atoms with Crippen molar-refractivity contribution < 1.29 is 10.2 Å². The second-order valence-electron chi connectivity index (χ2n) is 6.13. The lowest BCUT2D eigenvalue weighted by molar-refractivity contribution is 0.474. The standard InChI is InChI=1S/C15H16O2.C6H7N/c1-15(2,11-3-7-13(16)8-4-11)12-5-9-14(17)10-6-12;7-6-4-2-1-3-5-6/h3-10,16-17H,1-2H3;1-5H,7H2. The Labute approximate surface area is 143 Å². The maximum absolute atomic E-state index is 9.30. The zero-order valence-electron chi connectivity index (χ0n) is 14.0. The van der Waals surface area contributed by atoms with Crippen LogP contribution < -0.4 is 5.73 Å². The first kappa shape index (κ1) is 17.4. The van der Waals surface area contributed by atoms with Gasteiger partial charge in [-0.05, 0) is 47.5 Å². The van der Waals surface area contributed by atoms with E-state index in [9.17, 15) is 10.2 Å². The Kier molecular flexibility index (Phi) is 5.48. The molecule has 0 atom stereocenters. The fraction of sp³-hybridized carbons (Fsp3) is 0.143. The highest BCUT2D eigenvalue weighted by atomic mass is 16.3. The number of nitrogens with two attached hydrogens (primary N) is 1. The average Bonchev–Trinajstić information content (AvgIpc) is 2.57. The SMILES string of the molecule is CC(C)(c1ccc(O)cc1)c1ccc(O)cc1.Nc1ccccc1. The molecule has 0 radical (unpaired) electrons. The lowest BCUT2D eigenvalue weighted by Crippen LogP contribution is -2.18. The van der Waals surface area contributed by atoms with Crippen molar-refractivity contribution in [3.63, 3.8) is 0 Å². The molecular weight excluding hydrogens is 298 g/mol. The largest absolute Gasteiger partial charge is 0.508 e. The van der Waals surface area contributed by atoms with Gasteiger partial charge >= 0.3 is 0 Å². The van der Waals surface area contributed by atoms with E-state index in [4.69, 9.17) is 5.73 Å². The number of phenols is 2. The van der Waals surface area contributed by atoms with Crippen LogP contribution in [-0.4, -0.2) is 10.2 Å². The van der Waals surface area contributed by atoms with Gasteiger partial charge in [0.25, 0.3) is 0 Å². The zero-order valence-corrected chi connectivity index (χ0v) is 14.0. The van der Waals surface area contributed by atoms with Crippen LogP contribution >= 0.6 is 0 Å². The van der Waals surface area contributed by atoms with Gasteiger partial charge in [-0.15, -0.1) is 0 Å². The molecule has 3 heteroatoms. The molecule has 0 saturated carbocycles. The summed E-state index contributed by atoms with van der Waals surface area (Å²) in [5.74, 6) is 0.547. The van der Waals surface area contributed by atoms with Crippen molar-refractivity contribution in [3.05, 3.63) is 90.0 Å². The van der Waals surface area contributed by atoms with Crippen LogP contribution in [0.25, 0.3) is 0 Å². The molecule has 0 aromatic heterocycles. The summed E-state index contributed by atoms with van der Waals surface area (Å²) in [7, 11) is 0. The molecule has 4 N–H and O–H groups in total. The van der Waals surface area contributed by atoms with E-state index in [1.54, 1.807) is 24.3 Å². The summed E-state index contributed by atoms with van der Waals surface area (Å²) < 4.78 is 0. The van der Waals surface area contributed by atoms with Crippen LogP contribution in [0, 0.1) is 0 Å². The Morgan fingerprint density at radius 1 is 0.625 bits per heavy atom. The molecule has 3 aromatic carbocycles. The van der Waals surface area contributed by atoms with Gasteiger partial charge in [-0.3, -0.25) is 0 Å². The smallest absolute Gasteiger partial charge is 0.115 e. The normalized spacial score (nSPS) is 10.6. The topological polar surface area (TPSA) is 66.5 Å². The Bertz CT molecular complexity index is 701. The van der Waals surface area contributed by atoms with Crippen molar-refractivity contribution in [2.75, 3.05) is 5.73 Å². The van der Waals surface area contributed by atoms with Gasteiger partial charge in [-0.2, -0.15) is 0 Å². The van der Waals surface area contributed by atoms with Gasteiger partial charge in [0.1, 0.15) is 11.5 Å². The monoisotopic (exact) mass is 321 g/mol. The molecule has 0 aliphatic rings. The predicted octanol–water partition coefficient (Wildman–Crippen LogP) is 4.69. The fourth-order valence-electron chi connectivity index (χ4n) is 2.38. The highest BCUT2D eigenvalue weighted by Gasteiger charge is 2.22. The number of hydrogen-bond acceptors (Lipinski definition) is 3. The number of phenolic OH excluding ortho intramolecular Hbond substituents is 2. The number of anilines is 1. The number of benzene rings is 3. The van der Waals surface area contributed by atoms with E-state index in [1.165, 1.54) is 0 Å². The molecule has 3 nitrogen and oxygen atoms in total. The van der Waals surface area contributed by atoms with E-state index in [0.29, 0.717) is 0 Å². The second kappa shape index (κ2) is 7.55. The molecule has 24 heavy (non-hydrogen) atoms. The summed E-state index contributed by atoms with van der Waals surface area (Å²) in [6, 6.07) is 23.9. The molecule has 0 heterocycles. The Morgan fingerprint density at radius 3 is 1.29 bits per heavy atom. The molecule has 3 rings (SSSR count). The van der Waals surface area contributed by atoms with E-state index in [2.05, 4.69) is 13.8 Å². The summed E-state index contributed by atoms with van der Waals surface area (Å²) in [6.07, 6.45) is 0. The summed E-state index contributed by atoms with van der Waals surface area (Å²) >= 11 is 0. The quantitative estimate of drug-likeness (QED) is 0.600. The summed E-state index contributed by atoms with van der Waals surface area (Å²) in [5.41, 5.74) is 8.28. The average molecular weight is 321 g/mol. The van der Waals surface area contributed by atoms with E-state index >= 15 is 0 Å². The van der Waals surface area contributed by atoms with Gasteiger partial charge in [-0.25, -0.2) is 0 Å². The molecule has 124 valence electrons. The maximum atomic E-state index is 9.30. The lowest BCUT2D eigenvalue weighted by atomic mass is 9.78. The summed E-state index contributed by atoms with van der Waals surface area (Å²) in [5, 5.41) is 18.6. The summed E-state index contributed by atoms with van der Waals surface area (Å²) in [6.45, 7) is 4.23. The van der Waals surface area contributed by atoms with Gasteiger partial charge in [-0.1, -0.05) is 56.3 Å². The molecule has 0 spiro atoms. The molecule has 0 saturated heterocycles. The molecule has 3 aromatic rings. The first-order valence-corrected chi connectivity index (χ1v) is 7.79.